The molecule has 0 saturated carbocycles. The third-order valence-corrected chi connectivity index (χ3v) is 4.96. The van der Waals surface area contributed by atoms with Gasteiger partial charge in [0, 0.05) is 24.3 Å². The Balaban J connectivity index is 1.52. The average Bonchev–Trinajstić information content (AvgIpc) is 2.57. The summed E-state index contributed by atoms with van der Waals surface area (Å²) in [7, 11) is 0. The first-order valence-corrected chi connectivity index (χ1v) is 8.58. The second kappa shape index (κ2) is 6.36. The van der Waals surface area contributed by atoms with Crippen molar-refractivity contribution in [1.82, 2.24) is 20.2 Å². The minimum absolute atomic E-state index is 0.0806. The van der Waals surface area contributed by atoms with Gasteiger partial charge in [-0.3, -0.25) is 4.79 Å². The minimum atomic E-state index is 0.0806. The fourth-order valence-corrected chi connectivity index (χ4v) is 3.51. The molecule has 6 nitrogen and oxygen atoms in total. The Labute approximate surface area is 141 Å². The van der Waals surface area contributed by atoms with Gasteiger partial charge in [-0.05, 0) is 38.1 Å². The van der Waals surface area contributed by atoms with E-state index in [0.29, 0.717) is 19.0 Å². The van der Waals surface area contributed by atoms with Crippen molar-refractivity contribution in [2.45, 2.75) is 31.8 Å². The first kappa shape index (κ1) is 15.3. The van der Waals surface area contributed by atoms with Crippen molar-refractivity contribution in [2.24, 2.45) is 0 Å². The van der Waals surface area contributed by atoms with Crippen LogP contribution in [0.25, 0.3) is 10.9 Å². The zero-order valence-electron chi connectivity index (χ0n) is 13.9. The molecule has 0 aliphatic carbocycles. The van der Waals surface area contributed by atoms with Gasteiger partial charge in [-0.2, -0.15) is 0 Å². The number of carbonyl (C=O) groups excluding carboxylic acids is 1. The molecule has 2 aliphatic rings. The number of fused-ring (bicyclic) bond motifs is 1. The lowest BCUT2D eigenvalue weighted by Crippen LogP contribution is -2.55. The number of benzene rings is 1. The van der Waals surface area contributed by atoms with Gasteiger partial charge in [0.2, 0.25) is 5.91 Å². The van der Waals surface area contributed by atoms with Crippen LogP contribution < -0.4 is 10.1 Å². The van der Waals surface area contributed by atoms with E-state index in [2.05, 4.69) is 21.4 Å². The molecule has 1 N–H and O–H groups in total. The number of nitrogens with zero attached hydrogens (tertiary/aromatic N) is 3. The molecule has 2 saturated heterocycles. The molecule has 24 heavy (non-hydrogen) atoms. The molecule has 2 aliphatic heterocycles. The number of hydrogen-bond donors (Lipinski definition) is 1. The molecular weight excluding hydrogens is 304 g/mol. The number of rotatable bonds is 3. The predicted octanol–water partition coefficient (Wildman–Crippen LogP) is 1.71. The van der Waals surface area contributed by atoms with Crippen molar-refractivity contribution >= 4 is 16.8 Å². The summed E-state index contributed by atoms with van der Waals surface area (Å²) in [4.78, 5) is 22.0. The summed E-state index contributed by atoms with van der Waals surface area (Å²) >= 11 is 0. The highest BCUT2D eigenvalue weighted by atomic mass is 16.5. The third-order valence-electron chi connectivity index (χ3n) is 4.96. The molecule has 6 heteroatoms. The van der Waals surface area contributed by atoms with E-state index in [1.54, 1.807) is 18.2 Å². The molecule has 0 spiro atoms. The zero-order chi connectivity index (χ0) is 16.5. The number of hydrogen-bond acceptors (Lipinski definition) is 5. The monoisotopic (exact) mass is 326 g/mol. The molecule has 0 bridgehead atoms. The van der Waals surface area contributed by atoms with Crippen molar-refractivity contribution in [3.63, 3.8) is 0 Å². The van der Waals surface area contributed by atoms with Crippen LogP contribution in [-0.4, -0.2) is 53.1 Å². The summed E-state index contributed by atoms with van der Waals surface area (Å²) in [5, 5.41) is 4.52. The van der Waals surface area contributed by atoms with Gasteiger partial charge in [0.1, 0.15) is 18.2 Å². The summed E-state index contributed by atoms with van der Waals surface area (Å²) < 4.78 is 5.96. The van der Waals surface area contributed by atoms with Crippen LogP contribution in [0.5, 0.6) is 5.75 Å². The Morgan fingerprint density at radius 3 is 2.79 bits per heavy atom. The standard InChI is InChI=1S/C18H22N4O2/c1-12(23)22-9-15(10-22)24-14-2-3-16-17(8-14)20-11-21-18(16)13-4-6-19-7-5-13/h2-3,8,11,13,15,19H,4-7,9-10H2,1H3. The largest absolute Gasteiger partial charge is 0.487 e. The van der Waals surface area contributed by atoms with Crippen LogP contribution in [0.2, 0.25) is 0 Å². The third kappa shape index (κ3) is 2.94. The van der Waals surface area contributed by atoms with Crippen LogP contribution >= 0.6 is 0 Å². The molecule has 3 heterocycles. The van der Waals surface area contributed by atoms with Crippen molar-refractivity contribution in [1.29, 1.82) is 0 Å². The molecule has 2 fully saturated rings. The van der Waals surface area contributed by atoms with Crippen molar-refractivity contribution in [3.8, 4) is 5.75 Å². The van der Waals surface area contributed by atoms with E-state index < -0.39 is 0 Å². The van der Waals surface area contributed by atoms with Crippen LogP contribution in [-0.2, 0) is 4.79 Å². The maximum atomic E-state index is 11.2. The molecule has 2 aromatic rings. The second-order valence-electron chi connectivity index (χ2n) is 6.63. The second-order valence-corrected chi connectivity index (χ2v) is 6.63. The van der Waals surface area contributed by atoms with E-state index in [1.807, 2.05) is 12.1 Å². The van der Waals surface area contributed by atoms with E-state index in [0.717, 1.165) is 48.3 Å². The lowest BCUT2D eigenvalue weighted by atomic mass is 9.92. The zero-order valence-corrected chi connectivity index (χ0v) is 13.9. The highest BCUT2D eigenvalue weighted by Gasteiger charge is 2.30. The van der Waals surface area contributed by atoms with Crippen LogP contribution in [0.4, 0.5) is 0 Å². The summed E-state index contributed by atoms with van der Waals surface area (Å²) in [5.41, 5.74) is 2.08. The number of nitrogens with one attached hydrogen (secondary N) is 1. The van der Waals surface area contributed by atoms with Crippen LogP contribution in [0, 0.1) is 0 Å². The molecule has 0 unspecified atom stereocenters. The Bertz CT molecular complexity index is 752. The molecule has 1 aromatic heterocycles. The molecule has 0 radical (unpaired) electrons. The SMILES string of the molecule is CC(=O)N1CC(Oc2ccc3c(C4CCNCC4)ncnc3c2)C1. The number of aromatic nitrogens is 2. The van der Waals surface area contributed by atoms with Gasteiger partial charge >= 0.3 is 0 Å². The maximum absolute atomic E-state index is 11.2. The maximum Gasteiger partial charge on any atom is 0.219 e. The van der Waals surface area contributed by atoms with E-state index in [4.69, 9.17) is 4.74 Å². The Morgan fingerprint density at radius 1 is 1.25 bits per heavy atom. The summed E-state index contributed by atoms with van der Waals surface area (Å²) in [6.45, 7) is 5.01. The summed E-state index contributed by atoms with van der Waals surface area (Å²) in [6, 6.07) is 6.05. The molecular formula is C18H22N4O2. The number of likely N-dealkylation sites (tertiary alicyclic amines) is 1. The Kier molecular flexibility index (Phi) is 4.06. The number of carbonyl (C=O) groups is 1. The molecule has 0 atom stereocenters. The molecule has 126 valence electrons. The van der Waals surface area contributed by atoms with Gasteiger partial charge in [0.25, 0.3) is 0 Å². The van der Waals surface area contributed by atoms with Crippen LogP contribution in [0.15, 0.2) is 24.5 Å². The van der Waals surface area contributed by atoms with Crippen LogP contribution in [0.1, 0.15) is 31.4 Å². The highest BCUT2D eigenvalue weighted by molar-refractivity contribution is 5.82. The lowest BCUT2D eigenvalue weighted by Gasteiger charge is -2.38. The topological polar surface area (TPSA) is 67.3 Å². The fourth-order valence-electron chi connectivity index (χ4n) is 3.51. The van der Waals surface area contributed by atoms with E-state index >= 15 is 0 Å². The van der Waals surface area contributed by atoms with Gasteiger partial charge in [-0.1, -0.05) is 0 Å². The average molecular weight is 326 g/mol. The number of piperidine rings is 1. The minimum Gasteiger partial charge on any atom is -0.487 e. The summed E-state index contributed by atoms with van der Waals surface area (Å²) in [5.74, 6) is 1.41. The quantitative estimate of drug-likeness (QED) is 0.930. The normalized spacial score (nSPS) is 19.3. The van der Waals surface area contributed by atoms with Crippen LogP contribution in [0.3, 0.4) is 0 Å². The Morgan fingerprint density at radius 2 is 2.04 bits per heavy atom. The van der Waals surface area contributed by atoms with E-state index in [-0.39, 0.29) is 12.0 Å². The summed E-state index contributed by atoms with van der Waals surface area (Å²) in [6.07, 6.45) is 3.97. The Hall–Kier alpha value is -2.21. The van der Waals surface area contributed by atoms with Gasteiger partial charge in [0.15, 0.2) is 0 Å². The van der Waals surface area contributed by atoms with Crippen molar-refractivity contribution in [3.05, 3.63) is 30.2 Å². The molecule has 1 amide bonds. The fraction of sp³-hybridized carbons (Fsp3) is 0.500. The van der Waals surface area contributed by atoms with Gasteiger partial charge in [-0.15, -0.1) is 0 Å². The van der Waals surface area contributed by atoms with Gasteiger partial charge < -0.3 is 15.0 Å². The van der Waals surface area contributed by atoms with Crippen molar-refractivity contribution in [2.75, 3.05) is 26.2 Å². The van der Waals surface area contributed by atoms with Gasteiger partial charge in [-0.25, -0.2) is 9.97 Å². The highest BCUT2D eigenvalue weighted by Crippen LogP contribution is 2.31. The molecule has 4 rings (SSSR count). The van der Waals surface area contributed by atoms with E-state index in [9.17, 15) is 4.79 Å². The van der Waals surface area contributed by atoms with Crippen molar-refractivity contribution < 1.29 is 9.53 Å². The number of amides is 1. The number of ether oxygens (including phenoxy) is 1. The van der Waals surface area contributed by atoms with E-state index in [1.165, 1.54) is 0 Å². The molecule has 1 aromatic carbocycles. The lowest BCUT2D eigenvalue weighted by molar-refractivity contribution is -0.137. The first-order chi connectivity index (χ1) is 11.7. The predicted molar refractivity (Wildman–Crippen MR) is 91.1 cm³/mol. The van der Waals surface area contributed by atoms with Gasteiger partial charge in [0.05, 0.1) is 24.3 Å². The smallest absolute Gasteiger partial charge is 0.219 e. The first-order valence-electron chi connectivity index (χ1n) is 8.58.